The van der Waals surface area contributed by atoms with Gasteiger partial charge in [0, 0.05) is 23.5 Å². The van der Waals surface area contributed by atoms with Gasteiger partial charge in [0.2, 0.25) is 0 Å². The van der Waals surface area contributed by atoms with E-state index < -0.39 is 0 Å². The molecule has 0 unspecified atom stereocenters. The number of hydrogen-bond acceptors (Lipinski definition) is 5. The van der Waals surface area contributed by atoms with E-state index in [1.165, 1.54) is 10.4 Å². The predicted molar refractivity (Wildman–Crippen MR) is 102 cm³/mol. The zero-order chi connectivity index (χ0) is 17.9. The van der Waals surface area contributed by atoms with E-state index in [1.807, 2.05) is 29.5 Å². The average molecular weight is 360 g/mol. The van der Waals surface area contributed by atoms with Crippen molar-refractivity contribution >= 4 is 28.7 Å². The van der Waals surface area contributed by atoms with E-state index in [1.54, 1.807) is 30.5 Å². The number of hydrogen-bond donors (Lipinski definition) is 1. The van der Waals surface area contributed by atoms with Crippen molar-refractivity contribution in [2.75, 3.05) is 16.8 Å². The number of rotatable bonds is 3. The Labute approximate surface area is 155 Å². The smallest absolute Gasteiger partial charge is 0.255 e. The molecule has 1 N–H and O–H groups in total. The number of carbonyl (C=O) groups is 1. The maximum absolute atomic E-state index is 12.3. The van der Waals surface area contributed by atoms with E-state index in [4.69, 9.17) is 5.26 Å². The molecule has 0 atom stereocenters. The van der Waals surface area contributed by atoms with Gasteiger partial charge in [0.1, 0.15) is 5.82 Å². The first-order valence-corrected chi connectivity index (χ1v) is 9.18. The lowest BCUT2D eigenvalue weighted by Gasteiger charge is -2.28. The molecule has 0 saturated carbocycles. The summed E-state index contributed by atoms with van der Waals surface area (Å²) in [7, 11) is 0. The number of nitrogens with zero attached hydrogens (tertiary/aromatic N) is 3. The molecule has 0 bridgehead atoms. The second kappa shape index (κ2) is 6.98. The van der Waals surface area contributed by atoms with Gasteiger partial charge in [0.05, 0.1) is 23.5 Å². The number of aromatic nitrogens is 1. The minimum Gasteiger partial charge on any atom is -0.352 e. The van der Waals surface area contributed by atoms with E-state index in [0.717, 1.165) is 25.3 Å². The third-order valence-electron chi connectivity index (χ3n) is 4.41. The Hall–Kier alpha value is -3.17. The van der Waals surface area contributed by atoms with Crippen molar-refractivity contribution in [1.82, 2.24) is 4.98 Å². The minimum atomic E-state index is -0.218. The van der Waals surface area contributed by atoms with Crippen molar-refractivity contribution in [3.8, 4) is 6.07 Å². The van der Waals surface area contributed by atoms with Crippen LogP contribution in [0, 0.1) is 11.3 Å². The Morgan fingerprint density at radius 3 is 2.77 bits per heavy atom. The van der Waals surface area contributed by atoms with Crippen LogP contribution in [0.25, 0.3) is 0 Å². The molecular weight excluding hydrogens is 344 g/mol. The topological polar surface area (TPSA) is 69.0 Å². The van der Waals surface area contributed by atoms with Crippen molar-refractivity contribution in [2.24, 2.45) is 0 Å². The first kappa shape index (κ1) is 16.3. The monoisotopic (exact) mass is 360 g/mol. The third-order valence-corrected chi connectivity index (χ3v) is 5.44. The number of amides is 1. The van der Waals surface area contributed by atoms with Gasteiger partial charge in [0.15, 0.2) is 0 Å². The van der Waals surface area contributed by atoms with E-state index in [2.05, 4.69) is 26.6 Å². The van der Waals surface area contributed by atoms with Crippen molar-refractivity contribution in [1.29, 1.82) is 5.26 Å². The molecule has 0 radical (unpaired) electrons. The van der Waals surface area contributed by atoms with Gasteiger partial charge in [-0.2, -0.15) is 5.26 Å². The molecule has 0 spiro atoms. The molecule has 0 saturated heterocycles. The second-order valence-corrected chi connectivity index (χ2v) is 7.09. The van der Waals surface area contributed by atoms with Crippen LogP contribution in [0.4, 0.5) is 11.5 Å². The summed E-state index contributed by atoms with van der Waals surface area (Å²) < 4.78 is 0. The van der Waals surface area contributed by atoms with Gasteiger partial charge in [-0.05, 0) is 59.8 Å². The van der Waals surface area contributed by atoms with Crippen LogP contribution < -0.4 is 10.2 Å². The van der Waals surface area contributed by atoms with E-state index in [-0.39, 0.29) is 5.91 Å². The number of pyridine rings is 1. The summed E-state index contributed by atoms with van der Waals surface area (Å²) in [4.78, 5) is 20.5. The van der Waals surface area contributed by atoms with Crippen LogP contribution in [0.2, 0.25) is 0 Å². The summed E-state index contributed by atoms with van der Waals surface area (Å²) in [6.45, 7) is 1.83. The summed E-state index contributed by atoms with van der Waals surface area (Å²) in [5.74, 6) is 0.697. The van der Waals surface area contributed by atoms with Crippen LogP contribution in [0.1, 0.15) is 26.4 Å². The summed E-state index contributed by atoms with van der Waals surface area (Å²) in [6, 6.07) is 14.6. The largest absolute Gasteiger partial charge is 0.352 e. The Morgan fingerprint density at radius 1 is 1.19 bits per heavy atom. The molecule has 4 rings (SSSR count). The molecule has 3 heterocycles. The van der Waals surface area contributed by atoms with Crippen LogP contribution in [0.5, 0.6) is 0 Å². The van der Waals surface area contributed by atoms with Gasteiger partial charge in [-0.3, -0.25) is 4.79 Å². The van der Waals surface area contributed by atoms with Crippen molar-refractivity contribution in [2.45, 2.75) is 13.0 Å². The fraction of sp³-hybridized carbons (Fsp3) is 0.150. The lowest BCUT2D eigenvalue weighted by atomic mass is 10.1. The van der Waals surface area contributed by atoms with Crippen LogP contribution in [-0.4, -0.2) is 17.4 Å². The van der Waals surface area contributed by atoms with Gasteiger partial charge in [-0.1, -0.05) is 0 Å². The van der Waals surface area contributed by atoms with Crippen molar-refractivity contribution in [3.05, 3.63) is 75.6 Å². The van der Waals surface area contributed by atoms with Gasteiger partial charge < -0.3 is 10.2 Å². The lowest BCUT2D eigenvalue weighted by molar-refractivity contribution is 0.102. The van der Waals surface area contributed by atoms with Crippen LogP contribution in [0.3, 0.4) is 0 Å². The highest BCUT2D eigenvalue weighted by Crippen LogP contribution is 2.27. The Balaban J connectivity index is 1.43. The lowest BCUT2D eigenvalue weighted by Crippen LogP contribution is -2.30. The molecule has 128 valence electrons. The molecule has 26 heavy (non-hydrogen) atoms. The molecule has 6 heteroatoms. The zero-order valence-electron chi connectivity index (χ0n) is 14.0. The zero-order valence-corrected chi connectivity index (χ0v) is 14.8. The number of nitrogens with one attached hydrogen (secondary N) is 1. The van der Waals surface area contributed by atoms with E-state index >= 15 is 0 Å². The van der Waals surface area contributed by atoms with E-state index in [0.29, 0.717) is 16.8 Å². The molecule has 1 aromatic carbocycles. The number of benzene rings is 1. The molecule has 2 aromatic heterocycles. The Kier molecular flexibility index (Phi) is 4.38. The minimum absolute atomic E-state index is 0.218. The van der Waals surface area contributed by atoms with Gasteiger partial charge >= 0.3 is 0 Å². The first-order valence-electron chi connectivity index (χ1n) is 8.31. The van der Waals surface area contributed by atoms with Gasteiger partial charge in [-0.15, -0.1) is 11.3 Å². The average Bonchev–Trinajstić information content (AvgIpc) is 3.16. The summed E-state index contributed by atoms with van der Waals surface area (Å²) in [6.07, 6.45) is 2.73. The summed E-state index contributed by atoms with van der Waals surface area (Å²) >= 11 is 1.82. The third kappa shape index (κ3) is 3.30. The fourth-order valence-electron chi connectivity index (χ4n) is 2.99. The standard InChI is InChI=1S/C20H16N4OS/c21-11-14-1-3-15(4-2-14)20(25)23-17-5-6-19(22-12-17)24-9-7-18-16(13-24)8-10-26-18/h1-6,8,10,12H,7,9,13H2,(H,23,25). The predicted octanol–water partition coefficient (Wildman–Crippen LogP) is 3.83. The molecule has 1 amide bonds. The molecule has 0 aliphatic carbocycles. The van der Waals surface area contributed by atoms with Crippen molar-refractivity contribution in [3.63, 3.8) is 0 Å². The second-order valence-electron chi connectivity index (χ2n) is 6.09. The highest BCUT2D eigenvalue weighted by molar-refractivity contribution is 7.10. The van der Waals surface area contributed by atoms with Crippen LogP contribution in [-0.2, 0) is 13.0 Å². The number of fused-ring (bicyclic) bond motifs is 1. The molecule has 0 fully saturated rings. The maximum atomic E-state index is 12.3. The highest BCUT2D eigenvalue weighted by Gasteiger charge is 2.18. The molecule has 1 aliphatic heterocycles. The number of thiophene rings is 1. The van der Waals surface area contributed by atoms with Crippen LogP contribution in [0.15, 0.2) is 54.0 Å². The summed E-state index contributed by atoms with van der Waals surface area (Å²) in [5.41, 5.74) is 3.06. The highest BCUT2D eigenvalue weighted by atomic mass is 32.1. The normalized spacial score (nSPS) is 13.0. The SMILES string of the molecule is N#Cc1ccc(C(=O)Nc2ccc(N3CCc4sccc4C3)nc2)cc1. The molecule has 3 aromatic rings. The van der Waals surface area contributed by atoms with E-state index in [9.17, 15) is 4.79 Å². The quantitative estimate of drug-likeness (QED) is 0.771. The molecule has 5 nitrogen and oxygen atoms in total. The van der Waals surface area contributed by atoms with Crippen LogP contribution >= 0.6 is 11.3 Å². The molecule has 1 aliphatic rings. The number of anilines is 2. The Bertz CT molecular complexity index is 970. The summed E-state index contributed by atoms with van der Waals surface area (Å²) in [5, 5.41) is 13.8. The Morgan fingerprint density at radius 2 is 2.04 bits per heavy atom. The molecular formula is C20H16N4OS. The van der Waals surface area contributed by atoms with Crippen molar-refractivity contribution < 1.29 is 4.79 Å². The first-order chi connectivity index (χ1) is 12.7. The van der Waals surface area contributed by atoms with Gasteiger partial charge in [0.25, 0.3) is 5.91 Å². The maximum Gasteiger partial charge on any atom is 0.255 e. The fourth-order valence-corrected chi connectivity index (χ4v) is 3.88. The van der Waals surface area contributed by atoms with Gasteiger partial charge in [-0.25, -0.2) is 4.98 Å². The number of nitriles is 1. The number of carbonyl (C=O) groups excluding carboxylic acids is 1.